The second-order valence-electron chi connectivity index (χ2n) is 5.13. The van der Waals surface area contributed by atoms with Crippen LogP contribution in [0.5, 0.6) is 0 Å². The fourth-order valence-electron chi connectivity index (χ4n) is 2.87. The minimum atomic E-state index is -0.0429. The molecule has 1 aliphatic carbocycles. The van der Waals surface area contributed by atoms with Crippen molar-refractivity contribution in [3.8, 4) is 0 Å². The summed E-state index contributed by atoms with van der Waals surface area (Å²) >= 11 is 3.57. The molecule has 0 saturated carbocycles. The fourth-order valence-corrected chi connectivity index (χ4v) is 3.43. The zero-order valence-corrected chi connectivity index (χ0v) is 13.0. The van der Waals surface area contributed by atoms with Crippen LogP contribution in [0.2, 0.25) is 0 Å². The number of halogens is 1. The molecule has 3 rings (SSSR count). The van der Waals surface area contributed by atoms with Gasteiger partial charge in [0.25, 0.3) is 0 Å². The molecular weight excluding hydrogens is 318 g/mol. The van der Waals surface area contributed by atoms with E-state index < -0.39 is 0 Å². The van der Waals surface area contributed by atoms with Gasteiger partial charge in [0.05, 0.1) is 35.6 Å². The Labute approximate surface area is 127 Å². The molecule has 2 N–H and O–H groups in total. The molecule has 0 fully saturated rings. The van der Waals surface area contributed by atoms with E-state index >= 15 is 0 Å². The number of hydrogen-bond acceptors (Lipinski definition) is 3. The van der Waals surface area contributed by atoms with Crippen molar-refractivity contribution < 1.29 is 4.74 Å². The summed E-state index contributed by atoms with van der Waals surface area (Å²) in [7, 11) is 1.69. The van der Waals surface area contributed by atoms with Gasteiger partial charge < -0.3 is 10.5 Å². The zero-order valence-electron chi connectivity index (χ0n) is 11.4. The van der Waals surface area contributed by atoms with Gasteiger partial charge in [0, 0.05) is 13.0 Å². The Morgan fingerprint density at radius 3 is 3.05 bits per heavy atom. The maximum atomic E-state index is 6.50. The lowest BCUT2D eigenvalue weighted by Crippen LogP contribution is -2.31. The zero-order chi connectivity index (χ0) is 14.1. The molecule has 0 saturated heterocycles. The number of rotatable bonds is 5. The first kappa shape index (κ1) is 13.8. The summed E-state index contributed by atoms with van der Waals surface area (Å²) in [6, 6.07) is 8.47. The van der Waals surface area contributed by atoms with E-state index in [-0.39, 0.29) is 6.04 Å². The van der Waals surface area contributed by atoms with Crippen molar-refractivity contribution >= 4 is 15.9 Å². The van der Waals surface area contributed by atoms with Crippen LogP contribution in [0.1, 0.15) is 28.8 Å². The van der Waals surface area contributed by atoms with Crippen LogP contribution in [0.25, 0.3) is 0 Å². The van der Waals surface area contributed by atoms with E-state index in [0.717, 1.165) is 23.1 Å². The lowest BCUT2D eigenvalue weighted by molar-refractivity contribution is 0.181. The quantitative estimate of drug-likeness (QED) is 0.913. The molecule has 0 amide bonds. The number of aromatic nitrogens is 2. The number of hydrogen-bond donors (Lipinski definition) is 1. The second-order valence-corrected chi connectivity index (χ2v) is 5.98. The van der Waals surface area contributed by atoms with Crippen LogP contribution in [-0.4, -0.2) is 23.5 Å². The summed E-state index contributed by atoms with van der Waals surface area (Å²) in [4.78, 5) is 0. The normalized spacial score (nSPS) is 18.4. The molecule has 5 heteroatoms. The van der Waals surface area contributed by atoms with Crippen LogP contribution in [0.4, 0.5) is 0 Å². The summed E-state index contributed by atoms with van der Waals surface area (Å²) in [6.45, 7) is 1.36. The van der Waals surface area contributed by atoms with Crippen LogP contribution >= 0.6 is 15.9 Å². The number of nitrogens with two attached hydrogens (primary N) is 1. The maximum absolute atomic E-state index is 6.50. The minimum Gasteiger partial charge on any atom is -0.383 e. The molecule has 1 aromatic heterocycles. The van der Waals surface area contributed by atoms with Gasteiger partial charge in [-0.1, -0.05) is 24.3 Å². The third-order valence-corrected chi connectivity index (χ3v) is 4.60. The van der Waals surface area contributed by atoms with Gasteiger partial charge in [-0.05, 0) is 33.5 Å². The van der Waals surface area contributed by atoms with Crippen molar-refractivity contribution in [1.29, 1.82) is 0 Å². The largest absolute Gasteiger partial charge is 0.383 e. The van der Waals surface area contributed by atoms with E-state index in [9.17, 15) is 0 Å². The van der Waals surface area contributed by atoms with Crippen LogP contribution in [-0.2, 0) is 17.7 Å². The van der Waals surface area contributed by atoms with Gasteiger partial charge in [-0.25, -0.2) is 0 Å². The maximum Gasteiger partial charge on any atom is 0.0700 e. The lowest BCUT2D eigenvalue weighted by Gasteiger charge is -2.35. The summed E-state index contributed by atoms with van der Waals surface area (Å²) in [5, 5.41) is 4.38. The third-order valence-electron chi connectivity index (χ3n) is 3.98. The van der Waals surface area contributed by atoms with Crippen molar-refractivity contribution in [3.05, 3.63) is 51.8 Å². The summed E-state index contributed by atoms with van der Waals surface area (Å²) in [5.74, 6) is 0.375. The van der Waals surface area contributed by atoms with Gasteiger partial charge in [-0.15, -0.1) is 0 Å². The number of benzene rings is 1. The van der Waals surface area contributed by atoms with Gasteiger partial charge in [-0.3, -0.25) is 4.68 Å². The molecule has 1 aromatic carbocycles. The van der Waals surface area contributed by atoms with Gasteiger partial charge >= 0.3 is 0 Å². The van der Waals surface area contributed by atoms with Gasteiger partial charge in [0.2, 0.25) is 0 Å². The first-order valence-electron chi connectivity index (χ1n) is 6.76. The standard InChI is InChI=1S/C15H18BrN3O/c1-20-7-6-19-15(13(16)9-18-19)14(17)12-8-10-4-2-3-5-11(10)12/h2-5,9,12,14H,6-8,17H2,1H3. The Hall–Kier alpha value is -1.17. The summed E-state index contributed by atoms with van der Waals surface area (Å²) in [6.07, 6.45) is 2.86. The van der Waals surface area contributed by atoms with Crippen molar-refractivity contribution in [1.82, 2.24) is 9.78 Å². The highest BCUT2D eigenvalue weighted by atomic mass is 79.9. The van der Waals surface area contributed by atoms with Crippen molar-refractivity contribution in [3.63, 3.8) is 0 Å². The highest BCUT2D eigenvalue weighted by molar-refractivity contribution is 9.10. The predicted molar refractivity (Wildman–Crippen MR) is 81.6 cm³/mol. The van der Waals surface area contributed by atoms with E-state index in [1.54, 1.807) is 7.11 Å². The fraction of sp³-hybridized carbons (Fsp3) is 0.400. The molecule has 1 heterocycles. The van der Waals surface area contributed by atoms with Gasteiger partial charge in [0.15, 0.2) is 0 Å². The average Bonchev–Trinajstić information content (AvgIpc) is 2.79. The first-order valence-corrected chi connectivity index (χ1v) is 7.55. The highest BCUT2D eigenvalue weighted by Crippen LogP contribution is 2.43. The predicted octanol–water partition coefficient (Wildman–Crippen LogP) is 2.63. The molecule has 106 valence electrons. The first-order chi connectivity index (χ1) is 9.72. The smallest absolute Gasteiger partial charge is 0.0700 e. The molecule has 2 aromatic rings. The highest BCUT2D eigenvalue weighted by Gasteiger charge is 2.34. The van der Waals surface area contributed by atoms with Crippen LogP contribution < -0.4 is 5.73 Å². The third kappa shape index (κ3) is 2.30. The minimum absolute atomic E-state index is 0.0429. The monoisotopic (exact) mass is 335 g/mol. The summed E-state index contributed by atoms with van der Waals surface area (Å²) < 4.78 is 8.05. The summed E-state index contributed by atoms with van der Waals surface area (Å²) in [5.41, 5.74) is 10.3. The molecule has 0 radical (unpaired) electrons. The molecule has 4 nitrogen and oxygen atoms in total. The number of fused-ring (bicyclic) bond motifs is 1. The van der Waals surface area contributed by atoms with E-state index in [4.69, 9.17) is 10.5 Å². The van der Waals surface area contributed by atoms with Crippen molar-refractivity contribution in [2.24, 2.45) is 5.73 Å². The average molecular weight is 336 g/mol. The Morgan fingerprint density at radius 2 is 2.30 bits per heavy atom. The second kappa shape index (κ2) is 5.68. The number of ether oxygens (including phenoxy) is 1. The molecule has 20 heavy (non-hydrogen) atoms. The number of nitrogens with zero attached hydrogens (tertiary/aromatic N) is 2. The van der Waals surface area contributed by atoms with E-state index in [1.807, 2.05) is 10.9 Å². The Morgan fingerprint density at radius 1 is 1.50 bits per heavy atom. The molecule has 1 aliphatic rings. The Balaban J connectivity index is 1.85. The Kier molecular flexibility index (Phi) is 3.92. The van der Waals surface area contributed by atoms with E-state index in [0.29, 0.717) is 12.5 Å². The molecular formula is C15H18BrN3O. The van der Waals surface area contributed by atoms with Crippen molar-refractivity contribution in [2.45, 2.75) is 24.9 Å². The van der Waals surface area contributed by atoms with E-state index in [1.165, 1.54) is 11.1 Å². The topological polar surface area (TPSA) is 53.1 Å². The van der Waals surface area contributed by atoms with Crippen LogP contribution in [0.3, 0.4) is 0 Å². The van der Waals surface area contributed by atoms with Gasteiger partial charge in [-0.2, -0.15) is 5.10 Å². The van der Waals surface area contributed by atoms with E-state index in [2.05, 4.69) is 45.3 Å². The number of methoxy groups -OCH3 is 1. The molecule has 2 atom stereocenters. The molecule has 0 bridgehead atoms. The SMILES string of the molecule is COCCn1ncc(Br)c1C(N)C1Cc2ccccc21. The Bertz CT molecular complexity index is 611. The molecule has 0 aliphatic heterocycles. The van der Waals surface area contributed by atoms with Crippen LogP contribution in [0, 0.1) is 0 Å². The van der Waals surface area contributed by atoms with Crippen molar-refractivity contribution in [2.75, 3.05) is 13.7 Å². The lowest BCUT2D eigenvalue weighted by atomic mass is 9.73. The molecule has 0 spiro atoms. The van der Waals surface area contributed by atoms with Crippen LogP contribution in [0.15, 0.2) is 34.9 Å². The van der Waals surface area contributed by atoms with Gasteiger partial charge in [0.1, 0.15) is 0 Å². The molecule has 2 unspecified atom stereocenters.